The molecule has 1 unspecified atom stereocenters. The zero-order valence-corrected chi connectivity index (χ0v) is 9.07. The molecule has 1 saturated heterocycles. The zero-order valence-electron chi connectivity index (χ0n) is 9.07. The molecule has 1 aromatic carbocycles. The third-order valence-corrected chi connectivity index (χ3v) is 3.03. The summed E-state index contributed by atoms with van der Waals surface area (Å²) >= 11 is 0. The lowest BCUT2D eigenvalue weighted by molar-refractivity contribution is -0.386. The van der Waals surface area contributed by atoms with Crippen LogP contribution in [0.15, 0.2) is 18.2 Å². The number of aromatic hydroxyl groups is 1. The number of carbonyl (C=O) groups excluding carboxylic acids is 1. The average molecular weight is 236 g/mol. The van der Waals surface area contributed by atoms with Gasteiger partial charge in [-0.05, 0) is 12.8 Å². The summed E-state index contributed by atoms with van der Waals surface area (Å²) in [5, 5.41) is 20.6. The Labute approximate surface area is 97.6 Å². The summed E-state index contributed by atoms with van der Waals surface area (Å²) in [6, 6.07) is 4.13. The molecular formula is C11H12N2O4. The van der Waals surface area contributed by atoms with Crippen molar-refractivity contribution in [3.63, 3.8) is 0 Å². The average Bonchev–Trinajstić information content (AvgIpc) is 2.76. The van der Waals surface area contributed by atoms with Crippen LogP contribution in [0.1, 0.15) is 24.4 Å². The van der Waals surface area contributed by atoms with E-state index in [1.54, 1.807) is 11.0 Å². The number of amides is 1. The number of rotatable bonds is 3. The van der Waals surface area contributed by atoms with E-state index >= 15 is 0 Å². The Kier molecular flexibility index (Phi) is 2.95. The summed E-state index contributed by atoms with van der Waals surface area (Å²) in [5.74, 6) is -0.337. The second kappa shape index (κ2) is 4.40. The number of phenolic OH excluding ortho intramolecular Hbond substituents is 1. The van der Waals surface area contributed by atoms with Crippen LogP contribution < -0.4 is 0 Å². The highest BCUT2D eigenvalue weighted by atomic mass is 16.6. The number of para-hydroxylation sites is 1. The van der Waals surface area contributed by atoms with Gasteiger partial charge in [0.05, 0.1) is 11.0 Å². The number of hydrogen-bond acceptors (Lipinski definition) is 4. The molecule has 1 aliphatic rings. The Morgan fingerprint density at radius 1 is 1.53 bits per heavy atom. The second-order valence-electron chi connectivity index (χ2n) is 3.97. The lowest BCUT2D eigenvalue weighted by Gasteiger charge is -2.20. The van der Waals surface area contributed by atoms with Gasteiger partial charge >= 0.3 is 5.69 Å². The van der Waals surface area contributed by atoms with E-state index in [9.17, 15) is 20.0 Å². The van der Waals surface area contributed by atoms with Gasteiger partial charge < -0.3 is 10.0 Å². The molecule has 1 atom stereocenters. The van der Waals surface area contributed by atoms with Crippen LogP contribution in [0.4, 0.5) is 5.69 Å². The van der Waals surface area contributed by atoms with Crippen molar-refractivity contribution in [3.8, 4) is 5.75 Å². The fraction of sp³-hybridized carbons (Fsp3) is 0.364. The normalized spacial score (nSPS) is 19.3. The number of phenols is 1. The van der Waals surface area contributed by atoms with Crippen LogP contribution in [0.5, 0.6) is 5.75 Å². The maximum Gasteiger partial charge on any atom is 0.311 e. The fourth-order valence-corrected chi connectivity index (χ4v) is 2.21. The van der Waals surface area contributed by atoms with Gasteiger partial charge in [-0.3, -0.25) is 14.9 Å². The number of hydrogen-bond donors (Lipinski definition) is 1. The summed E-state index contributed by atoms with van der Waals surface area (Å²) < 4.78 is 0. The predicted molar refractivity (Wildman–Crippen MR) is 59.5 cm³/mol. The van der Waals surface area contributed by atoms with Crippen molar-refractivity contribution in [1.82, 2.24) is 4.90 Å². The topological polar surface area (TPSA) is 83.7 Å². The van der Waals surface area contributed by atoms with E-state index in [-0.39, 0.29) is 17.5 Å². The molecule has 17 heavy (non-hydrogen) atoms. The van der Waals surface area contributed by atoms with Crippen molar-refractivity contribution < 1.29 is 14.8 Å². The van der Waals surface area contributed by atoms with Crippen LogP contribution in [0, 0.1) is 10.1 Å². The molecule has 1 amide bonds. The van der Waals surface area contributed by atoms with E-state index in [0.717, 1.165) is 12.8 Å². The summed E-state index contributed by atoms with van der Waals surface area (Å²) in [6.45, 7) is 0.621. The molecule has 2 rings (SSSR count). The van der Waals surface area contributed by atoms with Gasteiger partial charge in [-0.25, -0.2) is 0 Å². The van der Waals surface area contributed by atoms with E-state index in [1.807, 2.05) is 0 Å². The maximum atomic E-state index is 10.8. The van der Waals surface area contributed by atoms with Crippen LogP contribution in [-0.2, 0) is 4.79 Å². The minimum atomic E-state index is -0.626. The van der Waals surface area contributed by atoms with Gasteiger partial charge in [0.1, 0.15) is 0 Å². The molecule has 6 nitrogen and oxygen atoms in total. The van der Waals surface area contributed by atoms with Crippen molar-refractivity contribution >= 4 is 12.1 Å². The lowest BCUT2D eigenvalue weighted by Crippen LogP contribution is -2.21. The minimum absolute atomic E-state index is 0.257. The van der Waals surface area contributed by atoms with Crippen molar-refractivity contribution in [2.45, 2.75) is 18.9 Å². The van der Waals surface area contributed by atoms with E-state index in [4.69, 9.17) is 0 Å². The minimum Gasteiger partial charge on any atom is -0.502 e. The smallest absolute Gasteiger partial charge is 0.311 e. The molecule has 0 bridgehead atoms. The highest BCUT2D eigenvalue weighted by Gasteiger charge is 2.29. The van der Waals surface area contributed by atoms with E-state index < -0.39 is 4.92 Å². The first-order valence-corrected chi connectivity index (χ1v) is 5.32. The van der Waals surface area contributed by atoms with Crippen LogP contribution in [0.3, 0.4) is 0 Å². The number of nitro benzene ring substituents is 1. The molecule has 0 saturated carbocycles. The maximum absolute atomic E-state index is 10.8. The number of benzene rings is 1. The van der Waals surface area contributed by atoms with Gasteiger partial charge in [-0.15, -0.1) is 0 Å². The number of likely N-dealkylation sites (tertiary alicyclic amines) is 1. The molecule has 1 N–H and O–H groups in total. The van der Waals surface area contributed by atoms with Crippen LogP contribution in [0.2, 0.25) is 0 Å². The van der Waals surface area contributed by atoms with Crippen LogP contribution >= 0.6 is 0 Å². The Bertz CT molecular complexity index is 461. The fourth-order valence-electron chi connectivity index (χ4n) is 2.21. The molecular weight excluding hydrogens is 224 g/mol. The highest BCUT2D eigenvalue weighted by Crippen LogP contribution is 2.39. The van der Waals surface area contributed by atoms with Gasteiger partial charge in [0, 0.05) is 18.2 Å². The molecule has 0 radical (unpaired) electrons. The Balaban J connectivity index is 2.42. The van der Waals surface area contributed by atoms with E-state index in [0.29, 0.717) is 18.5 Å². The third-order valence-electron chi connectivity index (χ3n) is 3.03. The largest absolute Gasteiger partial charge is 0.502 e. The van der Waals surface area contributed by atoms with Gasteiger partial charge in [0.25, 0.3) is 0 Å². The quantitative estimate of drug-likeness (QED) is 0.490. The first kappa shape index (κ1) is 11.4. The Morgan fingerprint density at radius 2 is 2.29 bits per heavy atom. The summed E-state index contributed by atoms with van der Waals surface area (Å²) in [4.78, 5) is 22.5. The zero-order chi connectivity index (χ0) is 12.4. The van der Waals surface area contributed by atoms with Crippen LogP contribution in [-0.4, -0.2) is 27.9 Å². The van der Waals surface area contributed by atoms with E-state index in [2.05, 4.69) is 0 Å². The summed E-state index contributed by atoms with van der Waals surface area (Å²) in [7, 11) is 0. The molecule has 1 aromatic rings. The molecule has 1 fully saturated rings. The van der Waals surface area contributed by atoms with E-state index in [1.165, 1.54) is 12.1 Å². The summed E-state index contributed by atoms with van der Waals surface area (Å²) in [6.07, 6.45) is 2.27. The molecule has 90 valence electrons. The van der Waals surface area contributed by atoms with Crippen molar-refractivity contribution in [3.05, 3.63) is 33.9 Å². The molecule has 0 spiro atoms. The monoisotopic (exact) mass is 236 g/mol. The molecule has 0 aliphatic carbocycles. The Morgan fingerprint density at radius 3 is 2.94 bits per heavy atom. The van der Waals surface area contributed by atoms with Crippen molar-refractivity contribution in [2.75, 3.05) is 6.54 Å². The SMILES string of the molecule is O=CN1CCCC1c1cccc([N+](=O)[O-])c1O. The molecule has 1 heterocycles. The lowest BCUT2D eigenvalue weighted by atomic mass is 10.0. The summed E-state index contributed by atoms with van der Waals surface area (Å²) in [5.41, 5.74) is 0.129. The van der Waals surface area contributed by atoms with Crippen LogP contribution in [0.25, 0.3) is 0 Å². The first-order chi connectivity index (χ1) is 8.15. The number of nitrogens with zero attached hydrogens (tertiary/aromatic N) is 2. The second-order valence-corrected chi connectivity index (χ2v) is 3.97. The first-order valence-electron chi connectivity index (χ1n) is 5.32. The van der Waals surface area contributed by atoms with Gasteiger partial charge in [0.2, 0.25) is 6.41 Å². The molecule has 0 aromatic heterocycles. The van der Waals surface area contributed by atoms with Gasteiger partial charge in [-0.2, -0.15) is 0 Å². The Hall–Kier alpha value is -2.11. The van der Waals surface area contributed by atoms with Crippen molar-refractivity contribution in [2.24, 2.45) is 0 Å². The standard InChI is InChI=1S/C11H12N2O4/c14-7-12-6-2-5-9(12)8-3-1-4-10(11(8)15)13(16)17/h1,3-4,7,9,15H,2,5-6H2. The highest BCUT2D eigenvalue weighted by molar-refractivity contribution is 5.55. The number of nitro groups is 1. The van der Waals surface area contributed by atoms with Gasteiger partial charge in [-0.1, -0.05) is 12.1 Å². The number of carbonyl (C=O) groups is 1. The van der Waals surface area contributed by atoms with Crippen molar-refractivity contribution in [1.29, 1.82) is 0 Å². The van der Waals surface area contributed by atoms with Gasteiger partial charge in [0.15, 0.2) is 5.75 Å². The third kappa shape index (κ3) is 1.93. The molecule has 6 heteroatoms. The predicted octanol–water partition coefficient (Wildman–Crippen LogP) is 1.59. The molecule has 1 aliphatic heterocycles.